The van der Waals surface area contributed by atoms with Crippen LogP contribution in [-0.2, 0) is 18.3 Å². The van der Waals surface area contributed by atoms with Crippen LogP contribution in [0.25, 0.3) is 34.2 Å². The largest absolute Gasteiger partial charge is 0.480 e. The molecule has 0 spiro atoms. The van der Waals surface area contributed by atoms with E-state index in [0.29, 0.717) is 24.0 Å². The standard InChI is InChI=1S/C24H25N5O3/c1-15-16(2)19(10-9-17(15)11-12-25-14-22(30)31)23-26-24(32-28-23)20-13-21(29(3)27-20)18-7-5-4-6-8-18/h4-10,13,25H,11-12,14H2,1-3H3,(H,30,31). The highest BCUT2D eigenvalue weighted by atomic mass is 16.5. The van der Waals surface area contributed by atoms with Crippen molar-refractivity contribution >= 4 is 5.97 Å². The molecule has 164 valence electrons. The minimum Gasteiger partial charge on any atom is -0.480 e. The van der Waals surface area contributed by atoms with Crippen LogP contribution in [0.3, 0.4) is 0 Å². The van der Waals surface area contributed by atoms with Gasteiger partial charge in [-0.2, -0.15) is 10.1 Å². The van der Waals surface area contributed by atoms with Gasteiger partial charge in [0.05, 0.1) is 12.2 Å². The molecule has 0 fully saturated rings. The molecular weight excluding hydrogens is 406 g/mol. The number of aliphatic carboxylic acids is 1. The Hall–Kier alpha value is -3.78. The zero-order valence-electron chi connectivity index (χ0n) is 18.3. The van der Waals surface area contributed by atoms with E-state index in [-0.39, 0.29) is 6.54 Å². The predicted molar refractivity (Wildman–Crippen MR) is 121 cm³/mol. The number of hydrogen-bond acceptors (Lipinski definition) is 6. The van der Waals surface area contributed by atoms with Gasteiger partial charge in [-0.05, 0) is 55.1 Å². The van der Waals surface area contributed by atoms with Crippen LogP contribution in [0.1, 0.15) is 16.7 Å². The van der Waals surface area contributed by atoms with E-state index in [1.807, 2.05) is 62.5 Å². The lowest BCUT2D eigenvalue weighted by Crippen LogP contribution is -2.24. The van der Waals surface area contributed by atoms with Gasteiger partial charge in [0.1, 0.15) is 0 Å². The molecule has 8 heteroatoms. The minimum atomic E-state index is -0.857. The average Bonchev–Trinajstić information content (AvgIpc) is 3.41. The molecular formula is C24H25N5O3. The van der Waals surface area contributed by atoms with Gasteiger partial charge < -0.3 is 14.9 Å². The summed E-state index contributed by atoms with van der Waals surface area (Å²) in [5, 5.41) is 20.4. The summed E-state index contributed by atoms with van der Waals surface area (Å²) >= 11 is 0. The fraction of sp³-hybridized carbons (Fsp3) is 0.250. The second-order valence-electron chi connectivity index (χ2n) is 7.67. The molecule has 0 saturated carbocycles. The van der Waals surface area contributed by atoms with Gasteiger partial charge in [0.25, 0.3) is 5.89 Å². The van der Waals surface area contributed by atoms with Crippen LogP contribution < -0.4 is 5.32 Å². The average molecular weight is 431 g/mol. The molecule has 0 radical (unpaired) electrons. The van der Waals surface area contributed by atoms with Crippen LogP contribution >= 0.6 is 0 Å². The smallest absolute Gasteiger partial charge is 0.317 e. The van der Waals surface area contributed by atoms with Gasteiger partial charge in [0, 0.05) is 12.6 Å². The Morgan fingerprint density at radius 1 is 1.12 bits per heavy atom. The number of carbonyl (C=O) groups is 1. The van der Waals surface area contributed by atoms with Gasteiger partial charge in [-0.25, -0.2) is 0 Å². The second kappa shape index (κ2) is 9.15. The van der Waals surface area contributed by atoms with Crippen molar-refractivity contribution in [3.63, 3.8) is 0 Å². The molecule has 0 amide bonds. The molecule has 32 heavy (non-hydrogen) atoms. The normalized spacial score (nSPS) is 11.1. The molecule has 0 aliphatic rings. The Bertz CT molecular complexity index is 1240. The molecule has 8 nitrogen and oxygen atoms in total. The number of aryl methyl sites for hydroxylation is 1. The number of carboxylic acid groups (broad SMARTS) is 1. The van der Waals surface area contributed by atoms with E-state index >= 15 is 0 Å². The third-order valence-electron chi connectivity index (χ3n) is 5.58. The lowest BCUT2D eigenvalue weighted by atomic mass is 9.96. The quantitative estimate of drug-likeness (QED) is 0.410. The summed E-state index contributed by atoms with van der Waals surface area (Å²) in [5.74, 6) is 0.0322. The Morgan fingerprint density at radius 3 is 2.66 bits per heavy atom. The number of benzene rings is 2. The molecule has 2 N–H and O–H groups in total. The van der Waals surface area contributed by atoms with Crippen molar-refractivity contribution in [2.24, 2.45) is 7.05 Å². The van der Waals surface area contributed by atoms with Gasteiger partial charge in [-0.15, -0.1) is 0 Å². The van der Waals surface area contributed by atoms with Crippen molar-refractivity contribution in [2.75, 3.05) is 13.1 Å². The predicted octanol–water partition coefficient (Wildman–Crippen LogP) is 3.64. The van der Waals surface area contributed by atoms with E-state index in [4.69, 9.17) is 9.63 Å². The highest BCUT2D eigenvalue weighted by molar-refractivity contribution is 5.69. The number of hydrogen-bond donors (Lipinski definition) is 2. The summed E-state index contributed by atoms with van der Waals surface area (Å²) in [6.45, 7) is 4.64. The van der Waals surface area contributed by atoms with Crippen molar-refractivity contribution < 1.29 is 14.4 Å². The summed E-state index contributed by atoms with van der Waals surface area (Å²) in [6.07, 6.45) is 0.744. The number of rotatable bonds is 8. The Morgan fingerprint density at radius 2 is 1.91 bits per heavy atom. The van der Waals surface area contributed by atoms with Crippen molar-refractivity contribution in [3.05, 3.63) is 65.2 Å². The lowest BCUT2D eigenvalue weighted by Gasteiger charge is -2.11. The topological polar surface area (TPSA) is 106 Å². The first kappa shape index (κ1) is 21.5. The zero-order valence-corrected chi connectivity index (χ0v) is 18.3. The zero-order chi connectivity index (χ0) is 22.7. The summed E-state index contributed by atoms with van der Waals surface area (Å²) in [4.78, 5) is 15.2. The number of aromatic nitrogens is 4. The van der Waals surface area contributed by atoms with Gasteiger partial charge in [0.15, 0.2) is 5.69 Å². The van der Waals surface area contributed by atoms with Gasteiger partial charge in [-0.1, -0.05) is 47.6 Å². The van der Waals surface area contributed by atoms with Crippen LogP contribution in [0.4, 0.5) is 0 Å². The number of nitrogens with one attached hydrogen (secondary N) is 1. The third-order valence-corrected chi connectivity index (χ3v) is 5.58. The third kappa shape index (κ3) is 4.45. The molecule has 2 aromatic carbocycles. The molecule has 2 aromatic heterocycles. The maximum atomic E-state index is 10.6. The van der Waals surface area contributed by atoms with E-state index in [1.54, 1.807) is 4.68 Å². The summed E-state index contributed by atoms with van der Waals surface area (Å²) in [7, 11) is 1.89. The van der Waals surface area contributed by atoms with Crippen molar-refractivity contribution in [3.8, 4) is 34.2 Å². The highest BCUT2D eigenvalue weighted by Crippen LogP contribution is 2.29. The highest BCUT2D eigenvalue weighted by Gasteiger charge is 2.18. The van der Waals surface area contributed by atoms with Crippen molar-refractivity contribution in [1.29, 1.82) is 0 Å². The van der Waals surface area contributed by atoms with Gasteiger partial charge >= 0.3 is 5.97 Å². The first-order chi connectivity index (χ1) is 15.4. The number of nitrogens with zero attached hydrogens (tertiary/aromatic N) is 4. The van der Waals surface area contributed by atoms with E-state index in [1.165, 1.54) is 0 Å². The molecule has 0 aliphatic heterocycles. The SMILES string of the molecule is Cc1c(CCNCC(=O)O)ccc(-c2noc(-c3cc(-c4ccccc4)n(C)n3)n2)c1C. The second-order valence-corrected chi connectivity index (χ2v) is 7.67. The van der Waals surface area contributed by atoms with Crippen LogP contribution in [0.15, 0.2) is 53.1 Å². The van der Waals surface area contributed by atoms with Gasteiger partial charge in [0.2, 0.25) is 5.82 Å². The first-order valence-electron chi connectivity index (χ1n) is 10.4. The first-order valence-corrected chi connectivity index (χ1v) is 10.4. The molecule has 0 aliphatic carbocycles. The van der Waals surface area contributed by atoms with Crippen LogP contribution in [0, 0.1) is 13.8 Å². The molecule has 0 bridgehead atoms. The molecule has 0 saturated heterocycles. The molecule has 0 unspecified atom stereocenters. The maximum Gasteiger partial charge on any atom is 0.317 e. The molecule has 2 heterocycles. The minimum absolute atomic E-state index is 0.0404. The van der Waals surface area contributed by atoms with E-state index in [2.05, 4.69) is 27.5 Å². The molecule has 4 aromatic rings. The van der Waals surface area contributed by atoms with Crippen LogP contribution in [-0.4, -0.2) is 44.1 Å². The van der Waals surface area contributed by atoms with E-state index in [9.17, 15) is 4.79 Å². The van der Waals surface area contributed by atoms with Crippen molar-refractivity contribution in [1.82, 2.24) is 25.2 Å². The van der Waals surface area contributed by atoms with E-state index in [0.717, 1.165) is 39.9 Å². The Balaban J connectivity index is 1.55. The summed E-state index contributed by atoms with van der Waals surface area (Å²) < 4.78 is 7.34. The van der Waals surface area contributed by atoms with E-state index < -0.39 is 5.97 Å². The monoisotopic (exact) mass is 431 g/mol. The molecule has 0 atom stereocenters. The summed E-state index contributed by atoms with van der Waals surface area (Å²) in [5.41, 5.74) is 6.92. The fourth-order valence-corrected chi connectivity index (χ4v) is 3.70. The summed E-state index contributed by atoms with van der Waals surface area (Å²) in [6, 6.07) is 16.0. The van der Waals surface area contributed by atoms with Crippen LogP contribution in [0.5, 0.6) is 0 Å². The Labute approximate surface area is 185 Å². The van der Waals surface area contributed by atoms with Gasteiger partial charge in [-0.3, -0.25) is 9.48 Å². The Kier molecular flexibility index (Phi) is 6.13. The lowest BCUT2D eigenvalue weighted by molar-refractivity contribution is -0.135. The number of carboxylic acids is 1. The molecule has 4 rings (SSSR count). The maximum absolute atomic E-state index is 10.6. The van der Waals surface area contributed by atoms with Crippen molar-refractivity contribution in [2.45, 2.75) is 20.3 Å². The van der Waals surface area contributed by atoms with Crippen LogP contribution in [0.2, 0.25) is 0 Å². The fourth-order valence-electron chi connectivity index (χ4n) is 3.70.